The van der Waals surface area contributed by atoms with Crippen molar-refractivity contribution >= 4 is 56.6 Å². The Kier molecular flexibility index (Phi) is 5.01. The highest BCUT2D eigenvalue weighted by Gasteiger charge is 2.12. The van der Waals surface area contributed by atoms with E-state index in [9.17, 15) is 4.39 Å². The zero-order chi connectivity index (χ0) is 14.7. The van der Waals surface area contributed by atoms with Gasteiger partial charge in [-0.15, -0.1) is 0 Å². The minimum Gasteiger partial charge on any atom is -0.354 e. The van der Waals surface area contributed by atoms with Crippen LogP contribution in [0.25, 0.3) is 0 Å². The van der Waals surface area contributed by atoms with E-state index in [0.29, 0.717) is 27.7 Å². The second-order valence-electron chi connectivity index (χ2n) is 3.77. The number of halogens is 4. The van der Waals surface area contributed by atoms with E-state index < -0.39 is 5.82 Å². The molecule has 106 valence electrons. The summed E-state index contributed by atoms with van der Waals surface area (Å²) in [5.41, 5.74) is 0.458. The van der Waals surface area contributed by atoms with Gasteiger partial charge < -0.3 is 10.6 Å². The quantitative estimate of drug-likeness (QED) is 0.744. The molecular formula is C12H10BrCl2FN4. The molecule has 0 unspecified atom stereocenters. The van der Waals surface area contributed by atoms with Crippen LogP contribution in [0.15, 0.2) is 22.8 Å². The van der Waals surface area contributed by atoms with E-state index in [1.165, 1.54) is 0 Å². The van der Waals surface area contributed by atoms with E-state index in [0.717, 1.165) is 6.20 Å². The lowest BCUT2D eigenvalue weighted by Crippen LogP contribution is -2.06. The Morgan fingerprint density at radius 2 is 2.05 bits per heavy atom. The molecule has 0 aliphatic heterocycles. The molecule has 0 atom stereocenters. The van der Waals surface area contributed by atoms with Crippen LogP contribution in [0.4, 0.5) is 21.8 Å². The summed E-state index contributed by atoms with van der Waals surface area (Å²) in [6, 6.07) is 3.38. The van der Waals surface area contributed by atoms with Crippen molar-refractivity contribution in [2.45, 2.75) is 6.92 Å². The van der Waals surface area contributed by atoms with E-state index in [-0.39, 0.29) is 10.8 Å². The molecule has 0 bridgehead atoms. The van der Waals surface area contributed by atoms with Gasteiger partial charge in [-0.3, -0.25) is 0 Å². The highest BCUT2D eigenvalue weighted by molar-refractivity contribution is 9.10. The van der Waals surface area contributed by atoms with Crippen molar-refractivity contribution in [3.63, 3.8) is 0 Å². The topological polar surface area (TPSA) is 49.8 Å². The zero-order valence-corrected chi connectivity index (χ0v) is 13.4. The molecule has 1 heterocycles. The summed E-state index contributed by atoms with van der Waals surface area (Å²) in [6.45, 7) is 2.53. The van der Waals surface area contributed by atoms with E-state index in [1.807, 2.05) is 6.92 Å². The summed E-state index contributed by atoms with van der Waals surface area (Å²) in [6.07, 6.45) is 1.09. The molecule has 0 saturated heterocycles. The lowest BCUT2D eigenvalue weighted by molar-refractivity contribution is 0.619. The third kappa shape index (κ3) is 3.31. The SMILES string of the molecule is CCNc1ncc(F)c(Nc2ccc(Br)c(Cl)c2Cl)n1. The summed E-state index contributed by atoms with van der Waals surface area (Å²) in [7, 11) is 0. The van der Waals surface area contributed by atoms with E-state index >= 15 is 0 Å². The summed E-state index contributed by atoms with van der Waals surface area (Å²) in [4.78, 5) is 7.85. The Morgan fingerprint density at radius 3 is 2.75 bits per heavy atom. The van der Waals surface area contributed by atoms with Gasteiger partial charge in [0.2, 0.25) is 5.95 Å². The van der Waals surface area contributed by atoms with E-state index in [2.05, 4.69) is 36.5 Å². The van der Waals surface area contributed by atoms with Gasteiger partial charge in [0.05, 0.1) is 21.9 Å². The number of hydrogen-bond donors (Lipinski definition) is 2. The van der Waals surface area contributed by atoms with Crippen LogP contribution in [0.1, 0.15) is 6.92 Å². The van der Waals surface area contributed by atoms with Gasteiger partial charge in [0.1, 0.15) is 0 Å². The third-order valence-corrected chi connectivity index (χ3v) is 4.14. The first-order valence-corrected chi connectivity index (χ1v) is 7.24. The largest absolute Gasteiger partial charge is 0.354 e. The van der Waals surface area contributed by atoms with Crippen molar-refractivity contribution < 1.29 is 4.39 Å². The van der Waals surface area contributed by atoms with Crippen molar-refractivity contribution in [3.05, 3.63) is 38.7 Å². The minimum atomic E-state index is -0.582. The predicted molar refractivity (Wildman–Crippen MR) is 83.6 cm³/mol. The standard InChI is InChI=1S/C12H10BrCl2FN4/c1-2-17-12-18-5-7(16)11(20-12)19-8-4-3-6(13)9(14)10(8)15/h3-5H,2H2,1H3,(H2,17,18,19,20). The Labute approximate surface area is 133 Å². The van der Waals surface area contributed by atoms with Crippen LogP contribution in [-0.4, -0.2) is 16.5 Å². The maximum absolute atomic E-state index is 13.7. The van der Waals surface area contributed by atoms with Crippen LogP contribution in [0.5, 0.6) is 0 Å². The average molecular weight is 380 g/mol. The molecule has 2 rings (SSSR count). The van der Waals surface area contributed by atoms with Crippen molar-refractivity contribution in [2.75, 3.05) is 17.2 Å². The van der Waals surface area contributed by atoms with Crippen molar-refractivity contribution in [3.8, 4) is 0 Å². The maximum atomic E-state index is 13.7. The van der Waals surface area contributed by atoms with Crippen molar-refractivity contribution in [1.82, 2.24) is 9.97 Å². The van der Waals surface area contributed by atoms with Gasteiger partial charge in [-0.2, -0.15) is 4.98 Å². The van der Waals surface area contributed by atoms with Gasteiger partial charge in [0.15, 0.2) is 11.6 Å². The number of anilines is 3. The zero-order valence-electron chi connectivity index (χ0n) is 10.3. The van der Waals surface area contributed by atoms with E-state index in [4.69, 9.17) is 23.2 Å². The molecular weight excluding hydrogens is 370 g/mol. The molecule has 1 aromatic heterocycles. The fourth-order valence-corrected chi connectivity index (χ4v) is 2.27. The van der Waals surface area contributed by atoms with Crippen LogP contribution < -0.4 is 10.6 Å². The summed E-state index contributed by atoms with van der Waals surface area (Å²) in [5.74, 6) is -0.228. The van der Waals surface area contributed by atoms with Gasteiger partial charge in [0, 0.05) is 11.0 Å². The van der Waals surface area contributed by atoms with Gasteiger partial charge in [-0.25, -0.2) is 9.37 Å². The van der Waals surface area contributed by atoms with Gasteiger partial charge in [-0.05, 0) is 35.0 Å². The monoisotopic (exact) mass is 378 g/mol. The summed E-state index contributed by atoms with van der Waals surface area (Å²) >= 11 is 15.4. The molecule has 2 aromatic rings. The fourth-order valence-electron chi connectivity index (χ4n) is 1.45. The normalized spacial score (nSPS) is 10.4. The van der Waals surface area contributed by atoms with Gasteiger partial charge >= 0.3 is 0 Å². The molecule has 4 nitrogen and oxygen atoms in total. The smallest absolute Gasteiger partial charge is 0.224 e. The number of hydrogen-bond acceptors (Lipinski definition) is 4. The van der Waals surface area contributed by atoms with Gasteiger partial charge in [0.25, 0.3) is 0 Å². The van der Waals surface area contributed by atoms with Crippen molar-refractivity contribution in [1.29, 1.82) is 0 Å². The molecule has 0 fully saturated rings. The summed E-state index contributed by atoms with van der Waals surface area (Å²) < 4.78 is 14.4. The number of benzene rings is 1. The Balaban J connectivity index is 2.34. The number of nitrogens with zero attached hydrogens (tertiary/aromatic N) is 2. The summed E-state index contributed by atoms with van der Waals surface area (Å²) in [5, 5.41) is 6.33. The third-order valence-electron chi connectivity index (χ3n) is 2.37. The predicted octanol–water partition coefficient (Wildman–Crippen LogP) is 4.86. The van der Waals surface area contributed by atoms with Crippen LogP contribution in [0.2, 0.25) is 10.0 Å². The average Bonchev–Trinajstić information content (AvgIpc) is 2.43. The lowest BCUT2D eigenvalue weighted by Gasteiger charge is -2.11. The molecule has 0 saturated carbocycles. The lowest BCUT2D eigenvalue weighted by atomic mass is 10.3. The first kappa shape index (κ1) is 15.3. The minimum absolute atomic E-state index is 0.0243. The second-order valence-corrected chi connectivity index (χ2v) is 5.38. The number of nitrogens with one attached hydrogen (secondary N) is 2. The van der Waals surface area contributed by atoms with Crippen LogP contribution in [0.3, 0.4) is 0 Å². The fraction of sp³-hybridized carbons (Fsp3) is 0.167. The number of aromatic nitrogens is 2. The van der Waals surface area contributed by atoms with Crippen LogP contribution in [0, 0.1) is 5.82 Å². The maximum Gasteiger partial charge on any atom is 0.224 e. The molecule has 0 spiro atoms. The van der Waals surface area contributed by atoms with Crippen LogP contribution in [-0.2, 0) is 0 Å². The Hall–Kier alpha value is -1.11. The van der Waals surface area contributed by atoms with Gasteiger partial charge in [-0.1, -0.05) is 23.2 Å². The van der Waals surface area contributed by atoms with Crippen molar-refractivity contribution in [2.24, 2.45) is 0 Å². The molecule has 0 aliphatic carbocycles. The molecule has 0 aliphatic rings. The highest BCUT2D eigenvalue weighted by Crippen LogP contribution is 2.37. The molecule has 8 heteroatoms. The Morgan fingerprint density at radius 1 is 1.30 bits per heavy atom. The Bertz CT molecular complexity index is 639. The molecule has 0 radical (unpaired) electrons. The first-order valence-electron chi connectivity index (χ1n) is 5.69. The molecule has 0 amide bonds. The van der Waals surface area contributed by atoms with E-state index in [1.54, 1.807) is 12.1 Å². The first-order chi connectivity index (χ1) is 9.52. The molecule has 1 aromatic carbocycles. The molecule has 2 N–H and O–H groups in total. The molecule has 20 heavy (non-hydrogen) atoms. The second kappa shape index (κ2) is 6.56. The number of rotatable bonds is 4. The highest BCUT2D eigenvalue weighted by atomic mass is 79.9. The van der Waals surface area contributed by atoms with Crippen LogP contribution >= 0.6 is 39.1 Å².